The van der Waals surface area contributed by atoms with Crippen LogP contribution < -0.4 is 0 Å². The monoisotopic (exact) mass is 270 g/mol. The van der Waals surface area contributed by atoms with Crippen molar-refractivity contribution in [1.29, 1.82) is 0 Å². The van der Waals surface area contributed by atoms with Gasteiger partial charge in [0.05, 0.1) is 6.10 Å². The maximum Gasteiger partial charge on any atom is 0.0921 e. The molecule has 1 unspecified atom stereocenters. The first kappa shape index (κ1) is 12.7. The number of alkyl halides is 1. The molecule has 0 spiro atoms. The molecule has 1 aromatic rings. The molecule has 0 saturated carbocycles. The minimum absolute atomic E-state index is 0.197. The lowest BCUT2D eigenvalue weighted by Crippen LogP contribution is -2.06. The zero-order valence-electron chi connectivity index (χ0n) is 9.29. The van der Waals surface area contributed by atoms with Crippen molar-refractivity contribution in [2.75, 3.05) is 11.9 Å². The molecule has 0 aromatic heterocycles. The van der Waals surface area contributed by atoms with Crippen molar-refractivity contribution in [3.05, 3.63) is 35.9 Å². The molecular weight excluding hydrogens is 252 g/mol. The van der Waals surface area contributed by atoms with Crippen LogP contribution in [0, 0.1) is 0 Å². The molecule has 0 aliphatic rings. The first-order chi connectivity index (χ1) is 7.38. The molecule has 2 heteroatoms. The predicted molar refractivity (Wildman–Crippen MR) is 68.5 cm³/mol. The van der Waals surface area contributed by atoms with Crippen LogP contribution in [0.4, 0.5) is 0 Å². The molecule has 0 heterocycles. The third-order valence-corrected chi connectivity index (χ3v) is 2.97. The van der Waals surface area contributed by atoms with Gasteiger partial charge in [-0.1, -0.05) is 66.0 Å². The maximum absolute atomic E-state index is 5.83. The molecule has 0 bridgehead atoms. The normalized spacial score (nSPS) is 12.7. The van der Waals surface area contributed by atoms with Crippen LogP contribution in [0.1, 0.15) is 37.9 Å². The first-order valence-electron chi connectivity index (χ1n) is 5.61. The summed E-state index contributed by atoms with van der Waals surface area (Å²) in [5.74, 6) is 0. The first-order valence-corrected chi connectivity index (χ1v) is 6.73. The Morgan fingerprint density at radius 1 is 1.20 bits per heavy atom. The van der Waals surface area contributed by atoms with E-state index in [-0.39, 0.29) is 6.10 Å². The summed E-state index contributed by atoms with van der Waals surface area (Å²) in [5, 5.41) is 0.864. The van der Waals surface area contributed by atoms with Gasteiger partial charge in [-0.2, -0.15) is 0 Å². The van der Waals surface area contributed by atoms with Crippen LogP contribution in [0.5, 0.6) is 0 Å². The molecule has 0 aliphatic heterocycles. The number of unbranched alkanes of at least 4 members (excludes halogenated alkanes) is 2. The van der Waals surface area contributed by atoms with Gasteiger partial charge in [-0.25, -0.2) is 0 Å². The van der Waals surface area contributed by atoms with Crippen molar-refractivity contribution in [3.8, 4) is 0 Å². The summed E-state index contributed by atoms with van der Waals surface area (Å²) < 4.78 is 5.83. The molecule has 1 rings (SSSR count). The van der Waals surface area contributed by atoms with Crippen LogP contribution in [0.25, 0.3) is 0 Å². The fraction of sp³-hybridized carbons (Fsp3) is 0.538. The fourth-order valence-electron chi connectivity index (χ4n) is 1.48. The third kappa shape index (κ3) is 4.80. The lowest BCUT2D eigenvalue weighted by atomic mass is 10.1. The number of rotatable bonds is 7. The van der Waals surface area contributed by atoms with Crippen molar-refractivity contribution < 1.29 is 4.74 Å². The van der Waals surface area contributed by atoms with Crippen molar-refractivity contribution in [1.82, 2.24) is 0 Å². The Labute approximate surface area is 101 Å². The van der Waals surface area contributed by atoms with Gasteiger partial charge < -0.3 is 4.74 Å². The topological polar surface area (TPSA) is 9.23 Å². The Bertz CT molecular complexity index is 248. The van der Waals surface area contributed by atoms with Gasteiger partial charge in [0.15, 0.2) is 0 Å². The summed E-state index contributed by atoms with van der Waals surface area (Å²) in [6.07, 6.45) is 3.85. The van der Waals surface area contributed by atoms with E-state index in [2.05, 4.69) is 47.1 Å². The highest BCUT2D eigenvalue weighted by Crippen LogP contribution is 2.19. The summed E-state index contributed by atoms with van der Waals surface area (Å²) in [5.41, 5.74) is 1.26. The standard InChI is InChI=1S/C13H19BrO/c1-2-3-7-10-15-13(11-14)12-8-5-4-6-9-12/h4-6,8-9,13H,2-3,7,10-11H2,1H3. The van der Waals surface area contributed by atoms with Gasteiger partial charge in [0.1, 0.15) is 0 Å². The Kier molecular flexibility index (Phi) is 6.69. The Hall–Kier alpha value is -0.340. The Morgan fingerprint density at radius 2 is 1.93 bits per heavy atom. The number of hydrogen-bond acceptors (Lipinski definition) is 1. The Morgan fingerprint density at radius 3 is 2.53 bits per heavy atom. The summed E-state index contributed by atoms with van der Waals surface area (Å²) in [7, 11) is 0. The number of halogens is 1. The predicted octanol–water partition coefficient (Wildman–Crippen LogP) is 4.33. The highest BCUT2D eigenvalue weighted by Gasteiger charge is 2.08. The Balaban J connectivity index is 2.36. The van der Waals surface area contributed by atoms with E-state index in [0.717, 1.165) is 18.4 Å². The van der Waals surface area contributed by atoms with Crippen LogP contribution in [0.3, 0.4) is 0 Å². The molecule has 0 fully saturated rings. The lowest BCUT2D eigenvalue weighted by molar-refractivity contribution is 0.0670. The van der Waals surface area contributed by atoms with Gasteiger partial charge in [-0.15, -0.1) is 0 Å². The zero-order chi connectivity index (χ0) is 10.9. The fourth-order valence-corrected chi connectivity index (χ4v) is 2.04. The smallest absolute Gasteiger partial charge is 0.0921 e. The van der Waals surface area contributed by atoms with Gasteiger partial charge in [-0.05, 0) is 12.0 Å². The van der Waals surface area contributed by atoms with Crippen LogP contribution >= 0.6 is 15.9 Å². The van der Waals surface area contributed by atoms with Crippen molar-refractivity contribution in [2.24, 2.45) is 0 Å². The minimum atomic E-state index is 0.197. The van der Waals surface area contributed by atoms with Crippen LogP contribution in [-0.2, 0) is 4.74 Å². The van der Waals surface area contributed by atoms with Crippen molar-refractivity contribution in [3.63, 3.8) is 0 Å². The highest BCUT2D eigenvalue weighted by molar-refractivity contribution is 9.09. The van der Waals surface area contributed by atoms with Gasteiger partial charge in [0, 0.05) is 11.9 Å². The summed E-state index contributed by atoms with van der Waals surface area (Å²) in [6.45, 7) is 3.07. The largest absolute Gasteiger partial charge is 0.373 e. The molecule has 0 radical (unpaired) electrons. The average molecular weight is 271 g/mol. The van der Waals surface area contributed by atoms with Gasteiger partial charge >= 0.3 is 0 Å². The minimum Gasteiger partial charge on any atom is -0.373 e. The van der Waals surface area contributed by atoms with E-state index in [9.17, 15) is 0 Å². The summed E-state index contributed by atoms with van der Waals surface area (Å²) in [6, 6.07) is 10.4. The molecule has 1 aromatic carbocycles. The molecule has 0 N–H and O–H groups in total. The van der Waals surface area contributed by atoms with E-state index in [0.29, 0.717) is 0 Å². The molecule has 15 heavy (non-hydrogen) atoms. The molecule has 84 valence electrons. The maximum atomic E-state index is 5.83. The second-order valence-corrected chi connectivity index (χ2v) is 4.28. The molecule has 0 aliphatic carbocycles. The van der Waals surface area contributed by atoms with E-state index in [1.165, 1.54) is 18.4 Å². The van der Waals surface area contributed by atoms with Crippen molar-refractivity contribution in [2.45, 2.75) is 32.3 Å². The zero-order valence-corrected chi connectivity index (χ0v) is 10.9. The quantitative estimate of drug-likeness (QED) is 0.530. The summed E-state index contributed by atoms with van der Waals surface area (Å²) >= 11 is 3.50. The highest BCUT2D eigenvalue weighted by atomic mass is 79.9. The molecule has 0 amide bonds. The van der Waals surface area contributed by atoms with Gasteiger partial charge in [-0.3, -0.25) is 0 Å². The van der Waals surface area contributed by atoms with Crippen LogP contribution in [-0.4, -0.2) is 11.9 Å². The second-order valence-electron chi connectivity index (χ2n) is 3.63. The van der Waals surface area contributed by atoms with Crippen LogP contribution in [0.2, 0.25) is 0 Å². The van der Waals surface area contributed by atoms with Gasteiger partial charge in [0.25, 0.3) is 0 Å². The SMILES string of the molecule is CCCCCOC(CBr)c1ccccc1. The average Bonchev–Trinajstić information content (AvgIpc) is 2.30. The van der Waals surface area contributed by atoms with E-state index >= 15 is 0 Å². The van der Waals surface area contributed by atoms with Crippen molar-refractivity contribution >= 4 is 15.9 Å². The molecule has 1 atom stereocenters. The van der Waals surface area contributed by atoms with E-state index in [1.54, 1.807) is 0 Å². The van der Waals surface area contributed by atoms with Gasteiger partial charge in [0.2, 0.25) is 0 Å². The number of hydrogen-bond donors (Lipinski definition) is 0. The molecule has 0 saturated heterocycles. The van der Waals surface area contributed by atoms with E-state index in [4.69, 9.17) is 4.74 Å². The van der Waals surface area contributed by atoms with E-state index < -0.39 is 0 Å². The second kappa shape index (κ2) is 7.89. The lowest BCUT2D eigenvalue weighted by Gasteiger charge is -2.15. The third-order valence-electron chi connectivity index (χ3n) is 2.38. The molecular formula is C13H19BrO. The number of benzene rings is 1. The number of ether oxygens (including phenoxy) is 1. The van der Waals surface area contributed by atoms with Crippen LogP contribution in [0.15, 0.2) is 30.3 Å². The molecule has 1 nitrogen and oxygen atoms in total. The summed E-state index contributed by atoms with van der Waals surface area (Å²) in [4.78, 5) is 0. The van der Waals surface area contributed by atoms with E-state index in [1.807, 2.05) is 6.07 Å².